The van der Waals surface area contributed by atoms with Gasteiger partial charge in [0.25, 0.3) is 0 Å². The number of amides is 1. The molecule has 0 radical (unpaired) electrons. The Bertz CT molecular complexity index is 1280. The van der Waals surface area contributed by atoms with E-state index < -0.39 is 11.7 Å². The predicted molar refractivity (Wildman–Crippen MR) is 150 cm³/mol. The molecule has 2 heterocycles. The maximum atomic E-state index is 13.1. The maximum absolute atomic E-state index is 13.1. The number of carbonyl (C=O) groups is 2. The number of ether oxygens (including phenoxy) is 1. The van der Waals surface area contributed by atoms with E-state index in [1.165, 1.54) is 19.2 Å². The summed E-state index contributed by atoms with van der Waals surface area (Å²) >= 11 is 0. The van der Waals surface area contributed by atoms with Gasteiger partial charge < -0.3 is 19.9 Å². The molecule has 0 unspecified atom stereocenters. The molecule has 1 saturated heterocycles. The summed E-state index contributed by atoms with van der Waals surface area (Å²) in [5, 5.41) is 4.07. The van der Waals surface area contributed by atoms with Crippen molar-refractivity contribution in [2.45, 2.75) is 51.1 Å². The van der Waals surface area contributed by atoms with Crippen LogP contribution in [0.3, 0.4) is 0 Å². The molecule has 3 aromatic rings. The number of rotatable bonds is 12. The summed E-state index contributed by atoms with van der Waals surface area (Å²) < 4.78 is 43.9. The molecule has 2 N–H and O–H groups in total. The number of alkyl halides is 3. The van der Waals surface area contributed by atoms with Crippen LogP contribution in [-0.4, -0.2) is 61.6 Å². The fourth-order valence-electron chi connectivity index (χ4n) is 5.08. The van der Waals surface area contributed by atoms with Crippen molar-refractivity contribution in [3.8, 4) is 0 Å². The number of H-pyrrole nitrogens is 1. The Balaban J connectivity index is 1.23. The lowest BCUT2D eigenvalue weighted by atomic mass is 10.1. The topological polar surface area (TPSA) is 77.7 Å². The fourth-order valence-corrected chi connectivity index (χ4v) is 5.08. The second-order valence-electron chi connectivity index (χ2n) is 10.2. The van der Waals surface area contributed by atoms with Crippen LogP contribution in [0.25, 0.3) is 10.9 Å². The number of esters is 1. The second-order valence-corrected chi connectivity index (χ2v) is 10.2. The summed E-state index contributed by atoms with van der Waals surface area (Å²) in [6, 6.07) is 11.4. The van der Waals surface area contributed by atoms with E-state index in [0.717, 1.165) is 80.0 Å². The summed E-state index contributed by atoms with van der Waals surface area (Å²) in [4.78, 5) is 31.2. The number of fused-ring (bicyclic) bond motifs is 1. The third-order valence-electron chi connectivity index (χ3n) is 7.42. The van der Waals surface area contributed by atoms with Gasteiger partial charge in [-0.05, 0) is 61.2 Å². The van der Waals surface area contributed by atoms with Gasteiger partial charge in [-0.2, -0.15) is 13.2 Å². The van der Waals surface area contributed by atoms with E-state index in [-0.39, 0.29) is 11.9 Å². The van der Waals surface area contributed by atoms with Gasteiger partial charge >= 0.3 is 12.1 Å². The second kappa shape index (κ2) is 13.7. The van der Waals surface area contributed by atoms with Crippen molar-refractivity contribution >= 4 is 34.2 Å². The van der Waals surface area contributed by atoms with Crippen LogP contribution < -0.4 is 10.2 Å². The molecular weight excluding hydrogens is 521 g/mol. The standard InChI is InChI=1S/C30H37F3N4O3/c1-40-29(39)10-5-3-2-4-9-28(38)35-24-11-12-27-26(20-24)22(21-34-27)13-14-36-15-17-37(18-16-36)25-8-6-7-23(19-25)30(31,32)33/h6-8,11-12,19-21,34H,2-5,9-10,13-18H2,1H3,(H,35,38). The monoisotopic (exact) mass is 558 g/mol. The highest BCUT2D eigenvalue weighted by molar-refractivity contribution is 5.94. The SMILES string of the molecule is COC(=O)CCCCCCC(=O)Nc1ccc2[nH]cc(CCN3CCN(c4cccc(C(F)(F)F)c4)CC3)c2c1. The molecule has 2 aromatic carbocycles. The summed E-state index contributed by atoms with van der Waals surface area (Å²) in [5.41, 5.74) is 2.93. The summed E-state index contributed by atoms with van der Waals surface area (Å²) in [6.07, 6.45) is 2.66. The van der Waals surface area contributed by atoms with Crippen molar-refractivity contribution in [3.05, 3.63) is 59.8 Å². The minimum Gasteiger partial charge on any atom is -0.469 e. The minimum absolute atomic E-state index is 0.0250. The number of nitrogens with one attached hydrogen (secondary N) is 2. The zero-order chi connectivity index (χ0) is 28.5. The van der Waals surface area contributed by atoms with Gasteiger partial charge in [-0.3, -0.25) is 14.5 Å². The molecule has 0 aliphatic carbocycles. The van der Waals surface area contributed by atoms with Crippen LogP contribution in [0.2, 0.25) is 0 Å². The lowest BCUT2D eigenvalue weighted by Gasteiger charge is -2.36. The number of hydrogen-bond acceptors (Lipinski definition) is 5. The largest absolute Gasteiger partial charge is 0.469 e. The molecule has 1 aliphatic rings. The Morgan fingerprint density at radius 1 is 0.975 bits per heavy atom. The quantitative estimate of drug-likeness (QED) is 0.211. The Hall–Kier alpha value is -3.53. The van der Waals surface area contributed by atoms with Crippen molar-refractivity contribution in [1.29, 1.82) is 0 Å². The number of methoxy groups -OCH3 is 1. The number of carbonyl (C=O) groups excluding carboxylic acids is 2. The molecule has 0 atom stereocenters. The van der Waals surface area contributed by atoms with E-state index in [4.69, 9.17) is 0 Å². The number of piperazine rings is 1. The molecular formula is C30H37F3N4O3. The van der Waals surface area contributed by atoms with Crippen molar-refractivity contribution in [1.82, 2.24) is 9.88 Å². The molecule has 1 amide bonds. The molecule has 216 valence electrons. The molecule has 1 aliphatic heterocycles. The highest BCUT2D eigenvalue weighted by atomic mass is 19.4. The van der Waals surface area contributed by atoms with Gasteiger partial charge in [0.2, 0.25) is 5.91 Å². The average molecular weight is 559 g/mol. The van der Waals surface area contributed by atoms with Crippen molar-refractivity contribution in [2.75, 3.05) is 50.1 Å². The molecule has 0 spiro atoms. The fraction of sp³-hybridized carbons (Fsp3) is 0.467. The number of aromatic nitrogens is 1. The molecule has 1 aromatic heterocycles. The van der Waals surface area contributed by atoms with Gasteiger partial charge in [-0.15, -0.1) is 0 Å². The van der Waals surface area contributed by atoms with Crippen molar-refractivity contribution in [3.63, 3.8) is 0 Å². The molecule has 0 bridgehead atoms. The molecule has 10 heteroatoms. The number of nitrogens with zero attached hydrogens (tertiary/aromatic N) is 2. The maximum Gasteiger partial charge on any atom is 0.416 e. The van der Waals surface area contributed by atoms with Gasteiger partial charge in [0.1, 0.15) is 0 Å². The highest BCUT2D eigenvalue weighted by Crippen LogP contribution is 2.32. The molecule has 7 nitrogen and oxygen atoms in total. The predicted octanol–water partition coefficient (Wildman–Crippen LogP) is 6.00. The van der Waals surface area contributed by atoms with Crippen LogP contribution in [0.5, 0.6) is 0 Å². The Labute approximate surface area is 232 Å². The number of unbranched alkanes of at least 4 members (excludes halogenated alkanes) is 3. The first-order valence-corrected chi connectivity index (χ1v) is 13.8. The van der Waals surface area contributed by atoms with E-state index in [9.17, 15) is 22.8 Å². The van der Waals surface area contributed by atoms with E-state index in [0.29, 0.717) is 31.6 Å². The van der Waals surface area contributed by atoms with Gasteiger partial charge in [0.15, 0.2) is 0 Å². The summed E-state index contributed by atoms with van der Waals surface area (Å²) in [7, 11) is 1.39. The number of anilines is 2. The third-order valence-corrected chi connectivity index (χ3v) is 7.42. The first kappa shape index (κ1) is 29.5. The summed E-state index contributed by atoms with van der Waals surface area (Å²) in [5.74, 6) is -0.225. The van der Waals surface area contributed by atoms with Gasteiger partial charge in [0, 0.05) is 74.0 Å². The zero-order valence-corrected chi connectivity index (χ0v) is 22.9. The molecule has 1 fully saturated rings. The number of halogens is 3. The third kappa shape index (κ3) is 8.24. The van der Waals surface area contributed by atoms with Crippen molar-refractivity contribution in [2.24, 2.45) is 0 Å². The van der Waals surface area contributed by atoms with E-state index in [2.05, 4.69) is 19.9 Å². The van der Waals surface area contributed by atoms with E-state index in [1.54, 1.807) is 6.07 Å². The van der Waals surface area contributed by atoms with Crippen LogP contribution in [0, 0.1) is 0 Å². The molecule has 0 saturated carbocycles. The number of benzene rings is 2. The van der Waals surface area contributed by atoms with E-state index in [1.807, 2.05) is 29.3 Å². The van der Waals surface area contributed by atoms with Crippen LogP contribution in [-0.2, 0) is 26.9 Å². The molecule has 40 heavy (non-hydrogen) atoms. The van der Waals surface area contributed by atoms with Gasteiger partial charge in [0.05, 0.1) is 12.7 Å². The number of hydrogen-bond donors (Lipinski definition) is 2. The first-order chi connectivity index (χ1) is 19.2. The smallest absolute Gasteiger partial charge is 0.416 e. The van der Waals surface area contributed by atoms with Gasteiger partial charge in [-0.25, -0.2) is 0 Å². The average Bonchev–Trinajstić information content (AvgIpc) is 3.35. The molecule has 4 rings (SSSR count). The van der Waals surface area contributed by atoms with Crippen LogP contribution in [0.4, 0.5) is 24.5 Å². The minimum atomic E-state index is -4.34. The highest BCUT2D eigenvalue weighted by Gasteiger charge is 2.31. The Kier molecular flexibility index (Phi) is 10.1. The lowest BCUT2D eigenvalue weighted by Crippen LogP contribution is -2.47. The van der Waals surface area contributed by atoms with Crippen LogP contribution in [0.15, 0.2) is 48.7 Å². The normalized spacial score (nSPS) is 14.4. The summed E-state index contributed by atoms with van der Waals surface area (Å²) in [6.45, 7) is 3.76. The Morgan fingerprint density at radius 3 is 2.45 bits per heavy atom. The van der Waals surface area contributed by atoms with Crippen LogP contribution in [0.1, 0.15) is 49.7 Å². The van der Waals surface area contributed by atoms with Gasteiger partial charge in [-0.1, -0.05) is 18.9 Å². The Morgan fingerprint density at radius 2 is 1.73 bits per heavy atom. The zero-order valence-electron chi connectivity index (χ0n) is 22.9. The lowest BCUT2D eigenvalue weighted by molar-refractivity contribution is -0.141. The van der Waals surface area contributed by atoms with Crippen LogP contribution >= 0.6 is 0 Å². The van der Waals surface area contributed by atoms with E-state index >= 15 is 0 Å². The first-order valence-electron chi connectivity index (χ1n) is 13.8. The number of aromatic amines is 1. The van der Waals surface area contributed by atoms with Crippen molar-refractivity contribution < 1.29 is 27.5 Å².